The quantitative estimate of drug-likeness (QED) is 0.710. The molecule has 2 fully saturated rings. The van der Waals surface area contributed by atoms with Gasteiger partial charge in [-0.1, -0.05) is 6.92 Å². The number of carbonyl (C=O) groups excluding carboxylic acids is 2. The molecule has 2 aliphatic rings. The van der Waals surface area contributed by atoms with E-state index in [1.54, 1.807) is 0 Å². The average molecular weight is 254 g/mol. The summed E-state index contributed by atoms with van der Waals surface area (Å²) in [5, 5.41) is 13.5. The third kappa shape index (κ3) is 2.72. The van der Waals surface area contributed by atoms with E-state index in [9.17, 15) is 14.7 Å². The molecule has 0 aromatic carbocycles. The molecule has 1 unspecified atom stereocenters. The van der Waals surface area contributed by atoms with Crippen LogP contribution in [0.25, 0.3) is 0 Å². The number of likely N-dealkylation sites (N-methyl/N-ethyl adjacent to an activating group) is 1. The van der Waals surface area contributed by atoms with Crippen LogP contribution in [-0.2, 0) is 9.59 Å². The number of aliphatic hydroxyl groups is 1. The number of nitrogens with zero attached hydrogens (tertiary/aromatic N) is 1. The first kappa shape index (κ1) is 13.5. The van der Waals surface area contributed by atoms with Crippen LogP contribution in [0.5, 0.6) is 0 Å². The van der Waals surface area contributed by atoms with E-state index < -0.39 is 11.6 Å². The van der Waals surface area contributed by atoms with Crippen LogP contribution in [0.1, 0.15) is 39.0 Å². The lowest BCUT2D eigenvalue weighted by atomic mass is 9.79. The number of carbonyl (C=O) groups is 2. The van der Waals surface area contributed by atoms with Crippen LogP contribution >= 0.6 is 0 Å². The van der Waals surface area contributed by atoms with Gasteiger partial charge in [0, 0.05) is 13.6 Å². The number of imide groups is 1. The second kappa shape index (κ2) is 4.97. The highest BCUT2D eigenvalue weighted by atomic mass is 16.3. The van der Waals surface area contributed by atoms with E-state index in [0.29, 0.717) is 12.5 Å². The molecule has 0 aromatic rings. The van der Waals surface area contributed by atoms with Crippen molar-refractivity contribution in [3.05, 3.63) is 0 Å². The molecule has 0 aromatic heterocycles. The van der Waals surface area contributed by atoms with Gasteiger partial charge in [-0.05, 0) is 31.6 Å². The second-order valence-corrected chi connectivity index (χ2v) is 5.84. The van der Waals surface area contributed by atoms with Gasteiger partial charge < -0.3 is 10.4 Å². The van der Waals surface area contributed by atoms with Crippen molar-refractivity contribution in [1.29, 1.82) is 0 Å². The van der Waals surface area contributed by atoms with Gasteiger partial charge in [-0.2, -0.15) is 0 Å². The van der Waals surface area contributed by atoms with Crippen LogP contribution in [0, 0.1) is 5.92 Å². The van der Waals surface area contributed by atoms with Gasteiger partial charge in [0.25, 0.3) is 0 Å². The molecule has 1 heterocycles. The van der Waals surface area contributed by atoms with Gasteiger partial charge in [0.2, 0.25) is 11.8 Å². The predicted molar refractivity (Wildman–Crippen MR) is 66.8 cm³/mol. The summed E-state index contributed by atoms with van der Waals surface area (Å²) in [6.07, 6.45) is 3.80. The predicted octanol–water partition coefficient (Wildman–Crippen LogP) is 0.274. The number of hydrogen-bond donors (Lipinski definition) is 2. The van der Waals surface area contributed by atoms with E-state index in [1.165, 1.54) is 7.05 Å². The summed E-state index contributed by atoms with van der Waals surface area (Å²) in [5.41, 5.74) is -0.711. The second-order valence-electron chi connectivity index (χ2n) is 5.84. The van der Waals surface area contributed by atoms with Crippen molar-refractivity contribution in [2.75, 3.05) is 13.6 Å². The highest BCUT2D eigenvalue weighted by Crippen LogP contribution is 2.31. The molecule has 2 N–H and O–H groups in total. The molecule has 0 radical (unpaired) electrons. The Morgan fingerprint density at radius 1 is 1.39 bits per heavy atom. The number of likely N-dealkylation sites (tertiary alicyclic amines) is 1. The zero-order chi connectivity index (χ0) is 13.3. The zero-order valence-electron chi connectivity index (χ0n) is 11.1. The van der Waals surface area contributed by atoms with E-state index in [0.717, 1.165) is 30.6 Å². The summed E-state index contributed by atoms with van der Waals surface area (Å²) in [4.78, 5) is 24.2. The summed E-state index contributed by atoms with van der Waals surface area (Å²) >= 11 is 0. The Labute approximate surface area is 108 Å². The normalized spacial score (nSPS) is 37.4. The third-order valence-electron chi connectivity index (χ3n) is 4.26. The molecule has 1 aliphatic carbocycles. The summed E-state index contributed by atoms with van der Waals surface area (Å²) in [7, 11) is 1.50. The van der Waals surface area contributed by atoms with E-state index in [2.05, 4.69) is 12.2 Å². The molecular weight excluding hydrogens is 232 g/mol. The molecule has 2 amide bonds. The minimum Gasteiger partial charge on any atom is -0.389 e. The van der Waals surface area contributed by atoms with Crippen molar-refractivity contribution >= 4 is 11.8 Å². The maximum atomic E-state index is 11.7. The molecule has 18 heavy (non-hydrogen) atoms. The fourth-order valence-corrected chi connectivity index (χ4v) is 2.70. The Hall–Kier alpha value is -0.940. The highest BCUT2D eigenvalue weighted by Gasteiger charge is 2.38. The van der Waals surface area contributed by atoms with Gasteiger partial charge in [-0.25, -0.2) is 0 Å². The standard InChI is InChI=1S/C13H22N2O3/c1-9-3-5-13(18,6-4-9)8-14-10-7-11(16)15(2)12(10)17/h9-10,14,18H,3-8H2,1-2H3. The van der Waals surface area contributed by atoms with Gasteiger partial charge in [0.15, 0.2) is 0 Å². The van der Waals surface area contributed by atoms with Crippen LogP contribution in [0.3, 0.4) is 0 Å². The monoisotopic (exact) mass is 254 g/mol. The Balaban J connectivity index is 1.85. The minimum absolute atomic E-state index is 0.151. The molecule has 0 bridgehead atoms. The van der Waals surface area contributed by atoms with E-state index in [1.807, 2.05) is 0 Å². The fraction of sp³-hybridized carbons (Fsp3) is 0.846. The molecule has 5 heteroatoms. The Morgan fingerprint density at radius 2 is 2.00 bits per heavy atom. The average Bonchev–Trinajstić information content (AvgIpc) is 2.59. The summed E-state index contributed by atoms with van der Waals surface area (Å²) in [6.45, 7) is 2.60. The Kier molecular flexibility index (Phi) is 3.73. The van der Waals surface area contributed by atoms with Crippen LogP contribution in [0.4, 0.5) is 0 Å². The van der Waals surface area contributed by atoms with Crippen molar-refractivity contribution in [2.45, 2.75) is 50.7 Å². The topological polar surface area (TPSA) is 69.6 Å². The van der Waals surface area contributed by atoms with Gasteiger partial charge in [0.05, 0.1) is 18.1 Å². The zero-order valence-corrected chi connectivity index (χ0v) is 11.1. The lowest BCUT2D eigenvalue weighted by Gasteiger charge is -2.35. The molecular formula is C13H22N2O3. The Morgan fingerprint density at radius 3 is 2.50 bits per heavy atom. The lowest BCUT2D eigenvalue weighted by molar-refractivity contribution is -0.137. The van der Waals surface area contributed by atoms with Crippen molar-refractivity contribution in [3.63, 3.8) is 0 Å². The molecule has 0 spiro atoms. The van der Waals surface area contributed by atoms with Crippen LogP contribution < -0.4 is 5.32 Å². The van der Waals surface area contributed by atoms with Gasteiger partial charge >= 0.3 is 0 Å². The molecule has 1 aliphatic heterocycles. The smallest absolute Gasteiger partial charge is 0.246 e. The minimum atomic E-state index is -0.711. The molecule has 102 valence electrons. The number of hydrogen-bond acceptors (Lipinski definition) is 4. The maximum absolute atomic E-state index is 11.7. The van der Waals surface area contributed by atoms with Gasteiger partial charge in [-0.15, -0.1) is 0 Å². The van der Waals surface area contributed by atoms with Crippen molar-refractivity contribution < 1.29 is 14.7 Å². The van der Waals surface area contributed by atoms with E-state index in [-0.39, 0.29) is 18.2 Å². The molecule has 2 rings (SSSR count). The summed E-state index contributed by atoms with van der Waals surface area (Å²) < 4.78 is 0. The highest BCUT2D eigenvalue weighted by molar-refractivity contribution is 6.05. The van der Waals surface area contributed by atoms with Gasteiger partial charge in [-0.3, -0.25) is 14.5 Å². The SMILES string of the molecule is CC1CCC(O)(CNC2CC(=O)N(C)C2=O)CC1. The first-order valence-corrected chi connectivity index (χ1v) is 6.67. The molecule has 1 atom stereocenters. The maximum Gasteiger partial charge on any atom is 0.246 e. The molecule has 5 nitrogen and oxygen atoms in total. The number of rotatable bonds is 3. The summed E-state index contributed by atoms with van der Waals surface area (Å²) in [5.74, 6) is 0.334. The number of nitrogens with one attached hydrogen (secondary N) is 1. The Bertz CT molecular complexity index is 348. The number of amides is 2. The van der Waals surface area contributed by atoms with Crippen molar-refractivity contribution in [1.82, 2.24) is 10.2 Å². The largest absolute Gasteiger partial charge is 0.389 e. The first-order chi connectivity index (χ1) is 8.41. The van der Waals surface area contributed by atoms with Crippen molar-refractivity contribution in [3.8, 4) is 0 Å². The van der Waals surface area contributed by atoms with Crippen molar-refractivity contribution in [2.24, 2.45) is 5.92 Å². The van der Waals surface area contributed by atoms with Crippen LogP contribution in [0.2, 0.25) is 0 Å². The van der Waals surface area contributed by atoms with E-state index >= 15 is 0 Å². The van der Waals surface area contributed by atoms with Crippen LogP contribution in [0.15, 0.2) is 0 Å². The summed E-state index contributed by atoms with van der Waals surface area (Å²) in [6, 6.07) is -0.453. The third-order valence-corrected chi connectivity index (χ3v) is 4.26. The van der Waals surface area contributed by atoms with E-state index in [4.69, 9.17) is 0 Å². The first-order valence-electron chi connectivity index (χ1n) is 6.67. The molecule has 1 saturated heterocycles. The van der Waals surface area contributed by atoms with Gasteiger partial charge in [0.1, 0.15) is 0 Å². The molecule has 1 saturated carbocycles. The fourth-order valence-electron chi connectivity index (χ4n) is 2.70. The van der Waals surface area contributed by atoms with Crippen LogP contribution in [-0.4, -0.2) is 47.1 Å². The lowest BCUT2D eigenvalue weighted by Crippen LogP contribution is -2.48.